The first-order chi connectivity index (χ1) is 15.6. The Bertz CT molecular complexity index is 1140. The first kappa shape index (κ1) is 20.1. The molecule has 0 aromatic heterocycles. The summed E-state index contributed by atoms with van der Waals surface area (Å²) in [5.74, 6) is 1.30. The molecule has 6 heteroatoms. The highest BCUT2D eigenvalue weighted by molar-refractivity contribution is 6.08. The molecule has 32 heavy (non-hydrogen) atoms. The highest BCUT2D eigenvalue weighted by Crippen LogP contribution is 2.35. The Hall–Kier alpha value is -3.80. The van der Waals surface area contributed by atoms with E-state index in [1.54, 1.807) is 12.1 Å². The van der Waals surface area contributed by atoms with Gasteiger partial charge in [0.25, 0.3) is 11.8 Å². The predicted octanol–water partition coefficient (Wildman–Crippen LogP) is 5.13. The molecule has 2 aliphatic rings. The average Bonchev–Trinajstić information content (AvgIpc) is 2.84. The van der Waals surface area contributed by atoms with Gasteiger partial charge >= 0.3 is 0 Å². The Balaban J connectivity index is 1.31. The maximum Gasteiger partial charge on any atom is 0.257 e. The van der Waals surface area contributed by atoms with Crippen LogP contribution in [-0.2, 0) is 0 Å². The first-order valence-electron chi connectivity index (χ1n) is 10.9. The maximum absolute atomic E-state index is 12.9. The number of nitrogens with one attached hydrogen (secondary N) is 1. The van der Waals surface area contributed by atoms with Gasteiger partial charge in [-0.25, -0.2) is 0 Å². The van der Waals surface area contributed by atoms with Crippen LogP contribution in [0.4, 0.5) is 11.4 Å². The van der Waals surface area contributed by atoms with Gasteiger partial charge in [-0.3, -0.25) is 9.59 Å². The molecule has 1 atom stereocenters. The van der Waals surface area contributed by atoms with E-state index in [0.717, 1.165) is 37.2 Å². The lowest BCUT2D eigenvalue weighted by atomic mass is 9.97. The highest BCUT2D eigenvalue weighted by Gasteiger charge is 2.37. The molecule has 1 N–H and O–H groups in total. The molecule has 5 rings (SSSR count). The van der Waals surface area contributed by atoms with Gasteiger partial charge < -0.3 is 19.9 Å². The molecule has 2 amide bonds. The summed E-state index contributed by atoms with van der Waals surface area (Å²) in [4.78, 5) is 29.9. The molecule has 0 unspecified atom stereocenters. The van der Waals surface area contributed by atoms with Crippen LogP contribution >= 0.6 is 0 Å². The highest BCUT2D eigenvalue weighted by atomic mass is 16.5. The lowest BCUT2D eigenvalue weighted by molar-refractivity contribution is 0.0589. The molecule has 162 valence electrons. The number of anilines is 2. The fourth-order valence-electron chi connectivity index (χ4n) is 4.45. The topological polar surface area (TPSA) is 61.9 Å². The molecule has 2 heterocycles. The van der Waals surface area contributed by atoms with Crippen LogP contribution in [0.15, 0.2) is 72.8 Å². The van der Waals surface area contributed by atoms with E-state index in [1.165, 1.54) is 0 Å². The van der Waals surface area contributed by atoms with E-state index >= 15 is 0 Å². The number of benzene rings is 3. The summed E-state index contributed by atoms with van der Waals surface area (Å²) in [6.07, 6.45) is 3.17. The van der Waals surface area contributed by atoms with E-state index in [0.29, 0.717) is 22.6 Å². The minimum atomic E-state index is -0.212. The molecular weight excluding hydrogens is 402 g/mol. The van der Waals surface area contributed by atoms with E-state index in [1.807, 2.05) is 72.6 Å². The number of carbonyl (C=O) groups is 2. The number of rotatable bonds is 4. The van der Waals surface area contributed by atoms with E-state index in [9.17, 15) is 9.59 Å². The van der Waals surface area contributed by atoms with Gasteiger partial charge in [-0.2, -0.15) is 0 Å². The van der Waals surface area contributed by atoms with Crippen LogP contribution in [0.25, 0.3) is 0 Å². The minimum absolute atomic E-state index is 0.0590. The third-order valence-corrected chi connectivity index (χ3v) is 6.14. The van der Waals surface area contributed by atoms with Gasteiger partial charge in [0.1, 0.15) is 17.7 Å². The van der Waals surface area contributed by atoms with E-state index in [2.05, 4.69) is 10.2 Å². The zero-order chi connectivity index (χ0) is 22.1. The molecular formula is C26H25N3O3. The third-order valence-electron chi connectivity index (χ3n) is 6.14. The quantitative estimate of drug-likeness (QED) is 0.627. The standard InChI is InChI=1S/C26H25N3O3/c1-28-23-17-18(10-15-22(23)26(31)29-16-6-5-9-24(28)29)25(30)27-19-11-13-21(14-12-19)32-20-7-3-2-4-8-20/h2-4,7-8,10-15,17,24H,5-6,9,16H2,1H3,(H,27,30)/t24-/m0/s1. The molecule has 0 saturated carbocycles. The van der Waals surface area contributed by atoms with E-state index < -0.39 is 0 Å². The summed E-state index contributed by atoms with van der Waals surface area (Å²) < 4.78 is 5.80. The SMILES string of the molecule is CN1c2cc(C(=O)Nc3ccc(Oc4ccccc4)cc3)ccc2C(=O)N2CCCC[C@H]21. The van der Waals surface area contributed by atoms with Crippen LogP contribution in [0.3, 0.4) is 0 Å². The summed E-state index contributed by atoms with van der Waals surface area (Å²) >= 11 is 0. The van der Waals surface area contributed by atoms with Crippen molar-refractivity contribution in [1.29, 1.82) is 0 Å². The number of piperidine rings is 1. The zero-order valence-electron chi connectivity index (χ0n) is 18.0. The van der Waals surface area contributed by atoms with Crippen LogP contribution in [0.1, 0.15) is 40.0 Å². The second-order valence-corrected chi connectivity index (χ2v) is 8.21. The number of amides is 2. The summed E-state index contributed by atoms with van der Waals surface area (Å²) in [7, 11) is 2.00. The molecule has 0 aliphatic carbocycles. The fraction of sp³-hybridized carbons (Fsp3) is 0.231. The van der Waals surface area contributed by atoms with Gasteiger partial charge in [0.15, 0.2) is 0 Å². The number of hydrogen-bond acceptors (Lipinski definition) is 4. The van der Waals surface area contributed by atoms with Crippen molar-refractivity contribution in [3.63, 3.8) is 0 Å². The number of ether oxygens (including phenoxy) is 1. The van der Waals surface area contributed by atoms with Crippen molar-refractivity contribution in [2.75, 3.05) is 23.8 Å². The molecule has 0 radical (unpaired) electrons. The molecule has 0 bridgehead atoms. The normalized spacial score (nSPS) is 17.4. The number of nitrogens with zero attached hydrogens (tertiary/aromatic N) is 2. The average molecular weight is 428 g/mol. The fourth-order valence-corrected chi connectivity index (χ4v) is 4.45. The third kappa shape index (κ3) is 3.80. The van der Waals surface area contributed by atoms with E-state index in [-0.39, 0.29) is 18.0 Å². The Morgan fingerprint density at radius 1 is 0.969 bits per heavy atom. The van der Waals surface area contributed by atoms with Gasteiger partial charge in [-0.15, -0.1) is 0 Å². The van der Waals surface area contributed by atoms with Gasteiger partial charge in [0.05, 0.1) is 11.3 Å². The number of fused-ring (bicyclic) bond motifs is 2. The van der Waals surface area contributed by atoms with Gasteiger partial charge in [0.2, 0.25) is 0 Å². The number of hydrogen-bond donors (Lipinski definition) is 1. The minimum Gasteiger partial charge on any atom is -0.457 e. The molecule has 3 aromatic carbocycles. The number of carbonyl (C=O) groups excluding carboxylic acids is 2. The van der Waals surface area contributed by atoms with Crippen molar-refractivity contribution in [2.45, 2.75) is 25.4 Å². The Morgan fingerprint density at radius 3 is 2.50 bits per heavy atom. The Kier molecular flexibility index (Phi) is 5.27. The second-order valence-electron chi connectivity index (χ2n) is 8.21. The van der Waals surface area contributed by atoms with Crippen molar-refractivity contribution >= 4 is 23.2 Å². The van der Waals surface area contributed by atoms with Crippen LogP contribution in [0.2, 0.25) is 0 Å². The summed E-state index contributed by atoms with van der Waals surface area (Å²) in [5.41, 5.74) is 2.68. The maximum atomic E-state index is 12.9. The molecule has 1 fully saturated rings. The zero-order valence-corrected chi connectivity index (χ0v) is 18.0. The molecule has 3 aromatic rings. The molecule has 2 aliphatic heterocycles. The lowest BCUT2D eigenvalue weighted by Gasteiger charge is -2.46. The molecule has 1 saturated heterocycles. The van der Waals surface area contributed by atoms with Crippen LogP contribution in [0.5, 0.6) is 11.5 Å². The second kappa shape index (κ2) is 8.38. The van der Waals surface area contributed by atoms with Gasteiger partial charge in [-0.05, 0) is 73.9 Å². The monoisotopic (exact) mass is 427 g/mol. The summed E-state index contributed by atoms with van der Waals surface area (Å²) in [6.45, 7) is 0.791. The smallest absolute Gasteiger partial charge is 0.257 e. The van der Waals surface area contributed by atoms with Crippen molar-refractivity contribution in [2.24, 2.45) is 0 Å². The van der Waals surface area contributed by atoms with Crippen molar-refractivity contribution in [3.8, 4) is 11.5 Å². The van der Waals surface area contributed by atoms with Gasteiger partial charge in [0, 0.05) is 24.8 Å². The Labute approximate surface area is 187 Å². The summed E-state index contributed by atoms with van der Waals surface area (Å²) in [5, 5.41) is 2.93. The predicted molar refractivity (Wildman–Crippen MR) is 124 cm³/mol. The van der Waals surface area contributed by atoms with Crippen molar-refractivity contribution < 1.29 is 14.3 Å². The lowest BCUT2D eigenvalue weighted by Crippen LogP contribution is -2.55. The molecule has 0 spiro atoms. The first-order valence-corrected chi connectivity index (χ1v) is 10.9. The largest absolute Gasteiger partial charge is 0.457 e. The van der Waals surface area contributed by atoms with Crippen LogP contribution in [0, 0.1) is 0 Å². The summed E-state index contributed by atoms with van der Waals surface area (Å²) in [6, 6.07) is 22.1. The van der Waals surface area contributed by atoms with Crippen LogP contribution < -0.4 is 15.0 Å². The Morgan fingerprint density at radius 2 is 1.72 bits per heavy atom. The number of para-hydroxylation sites is 1. The van der Waals surface area contributed by atoms with Crippen molar-refractivity contribution in [1.82, 2.24) is 4.90 Å². The van der Waals surface area contributed by atoms with Crippen LogP contribution in [-0.4, -0.2) is 36.5 Å². The van der Waals surface area contributed by atoms with Crippen molar-refractivity contribution in [3.05, 3.63) is 83.9 Å². The van der Waals surface area contributed by atoms with E-state index in [4.69, 9.17) is 4.74 Å². The molecule has 6 nitrogen and oxygen atoms in total. The van der Waals surface area contributed by atoms with Gasteiger partial charge in [-0.1, -0.05) is 18.2 Å².